The van der Waals surface area contributed by atoms with Gasteiger partial charge in [-0.05, 0) is 58.3 Å². The monoisotopic (exact) mass is 379 g/mol. The van der Waals surface area contributed by atoms with Gasteiger partial charge in [0.05, 0.1) is 6.61 Å². The van der Waals surface area contributed by atoms with Crippen LogP contribution in [0.15, 0.2) is 0 Å². The van der Waals surface area contributed by atoms with E-state index in [2.05, 4.69) is 12.2 Å². The third kappa shape index (κ3) is 4.22. The Morgan fingerprint density at radius 3 is 2.33 bits per heavy atom. The fourth-order valence-corrected chi connectivity index (χ4v) is 4.38. The Bertz CT molecular complexity index is 568. The SMILES string of the molecule is CCOC(=O)N1CCC(NC(=O)C2(C(=O)N3CCCCC3CC)CC2)CC1. The molecule has 1 aliphatic carbocycles. The van der Waals surface area contributed by atoms with Gasteiger partial charge in [-0.2, -0.15) is 0 Å². The molecule has 0 bridgehead atoms. The average Bonchev–Trinajstić information content (AvgIpc) is 3.50. The molecule has 7 nitrogen and oxygen atoms in total. The van der Waals surface area contributed by atoms with E-state index in [9.17, 15) is 14.4 Å². The minimum absolute atomic E-state index is 0.0248. The largest absolute Gasteiger partial charge is 0.450 e. The number of nitrogens with zero attached hydrogens (tertiary/aromatic N) is 2. The normalized spacial score (nSPS) is 25.0. The van der Waals surface area contributed by atoms with Gasteiger partial charge in [-0.3, -0.25) is 9.59 Å². The minimum Gasteiger partial charge on any atom is -0.450 e. The molecule has 3 fully saturated rings. The van der Waals surface area contributed by atoms with Crippen molar-refractivity contribution in [2.75, 3.05) is 26.2 Å². The van der Waals surface area contributed by atoms with Crippen LogP contribution in [-0.2, 0) is 14.3 Å². The summed E-state index contributed by atoms with van der Waals surface area (Å²) in [5, 5.41) is 3.10. The predicted octanol–water partition coefficient (Wildman–Crippen LogP) is 2.29. The van der Waals surface area contributed by atoms with Gasteiger partial charge >= 0.3 is 6.09 Å². The maximum Gasteiger partial charge on any atom is 0.409 e. The maximum absolute atomic E-state index is 13.1. The number of likely N-dealkylation sites (tertiary alicyclic amines) is 2. The first-order valence-corrected chi connectivity index (χ1v) is 10.6. The van der Waals surface area contributed by atoms with E-state index in [4.69, 9.17) is 4.74 Å². The second-order valence-electron chi connectivity index (χ2n) is 8.07. The molecular formula is C20H33N3O4. The van der Waals surface area contributed by atoms with Crippen LogP contribution in [0.25, 0.3) is 0 Å². The van der Waals surface area contributed by atoms with Crippen molar-refractivity contribution in [3.05, 3.63) is 0 Å². The van der Waals surface area contributed by atoms with Gasteiger partial charge in [0.15, 0.2) is 0 Å². The van der Waals surface area contributed by atoms with E-state index in [-0.39, 0.29) is 30.0 Å². The fraction of sp³-hybridized carbons (Fsp3) is 0.850. The highest BCUT2D eigenvalue weighted by molar-refractivity contribution is 6.08. The first-order chi connectivity index (χ1) is 13.0. The zero-order valence-corrected chi connectivity index (χ0v) is 16.7. The number of carbonyl (C=O) groups excluding carboxylic acids is 3. The van der Waals surface area contributed by atoms with Gasteiger partial charge in [-0.25, -0.2) is 4.79 Å². The first-order valence-electron chi connectivity index (χ1n) is 10.6. The third-order valence-electron chi connectivity index (χ3n) is 6.31. The molecule has 2 saturated heterocycles. The molecule has 0 aromatic carbocycles. The van der Waals surface area contributed by atoms with E-state index in [0.717, 1.165) is 25.8 Å². The highest BCUT2D eigenvalue weighted by Crippen LogP contribution is 2.48. The first kappa shape index (κ1) is 20.0. The molecule has 3 amide bonds. The van der Waals surface area contributed by atoms with E-state index in [1.807, 2.05) is 4.90 Å². The number of rotatable bonds is 5. The summed E-state index contributed by atoms with van der Waals surface area (Å²) in [4.78, 5) is 41.5. The van der Waals surface area contributed by atoms with Crippen molar-refractivity contribution in [2.24, 2.45) is 5.41 Å². The van der Waals surface area contributed by atoms with E-state index in [1.165, 1.54) is 6.42 Å². The van der Waals surface area contributed by atoms with Gasteiger partial charge < -0.3 is 19.9 Å². The standard InChI is InChI=1S/C20H33N3O4/c1-3-16-7-5-6-12-23(16)18(25)20(10-11-20)17(24)21-15-8-13-22(14-9-15)19(26)27-4-2/h15-16H,3-14H2,1-2H3,(H,21,24). The van der Waals surface area contributed by atoms with Gasteiger partial charge in [0.2, 0.25) is 11.8 Å². The Kier molecular flexibility index (Phi) is 6.27. The third-order valence-corrected chi connectivity index (χ3v) is 6.31. The van der Waals surface area contributed by atoms with Crippen molar-refractivity contribution in [1.82, 2.24) is 15.1 Å². The lowest BCUT2D eigenvalue weighted by molar-refractivity contribution is -0.147. The molecule has 0 spiro atoms. The molecule has 27 heavy (non-hydrogen) atoms. The molecule has 3 aliphatic rings. The Morgan fingerprint density at radius 1 is 1.04 bits per heavy atom. The van der Waals surface area contributed by atoms with Gasteiger partial charge in [0, 0.05) is 31.7 Å². The minimum atomic E-state index is -0.830. The second kappa shape index (κ2) is 8.48. The summed E-state index contributed by atoms with van der Waals surface area (Å²) in [6.07, 6.45) is 6.64. The molecule has 152 valence electrons. The van der Waals surface area contributed by atoms with E-state index in [1.54, 1.807) is 11.8 Å². The molecule has 7 heteroatoms. The summed E-state index contributed by atoms with van der Waals surface area (Å²) >= 11 is 0. The molecule has 1 N–H and O–H groups in total. The lowest BCUT2D eigenvalue weighted by Crippen LogP contribution is -2.53. The molecule has 0 aromatic heterocycles. The molecule has 3 rings (SSSR count). The summed E-state index contributed by atoms with van der Waals surface area (Å²) in [5.74, 6) is -0.0713. The highest BCUT2D eigenvalue weighted by Gasteiger charge is 2.59. The van der Waals surface area contributed by atoms with Crippen LogP contribution in [-0.4, -0.2) is 66.0 Å². The smallest absolute Gasteiger partial charge is 0.409 e. The lowest BCUT2D eigenvalue weighted by atomic mass is 9.95. The summed E-state index contributed by atoms with van der Waals surface area (Å²) < 4.78 is 5.03. The van der Waals surface area contributed by atoms with Crippen LogP contribution in [0, 0.1) is 5.41 Å². The number of hydrogen-bond acceptors (Lipinski definition) is 4. The number of ether oxygens (including phenoxy) is 1. The van der Waals surface area contributed by atoms with E-state index in [0.29, 0.717) is 45.4 Å². The molecule has 1 unspecified atom stereocenters. The Labute approximate surface area is 161 Å². The Morgan fingerprint density at radius 2 is 1.74 bits per heavy atom. The molecule has 2 heterocycles. The topological polar surface area (TPSA) is 79.0 Å². The summed E-state index contributed by atoms with van der Waals surface area (Å²) in [6, 6.07) is 0.307. The summed E-state index contributed by atoms with van der Waals surface area (Å²) in [6.45, 7) is 6.22. The van der Waals surface area contributed by atoms with Crippen molar-refractivity contribution in [3.8, 4) is 0 Å². The van der Waals surface area contributed by atoms with Crippen LogP contribution in [0.2, 0.25) is 0 Å². The van der Waals surface area contributed by atoms with Crippen LogP contribution in [0.4, 0.5) is 4.79 Å². The van der Waals surface area contributed by atoms with Crippen molar-refractivity contribution in [1.29, 1.82) is 0 Å². The molecule has 1 atom stereocenters. The molecule has 0 radical (unpaired) electrons. The second-order valence-corrected chi connectivity index (χ2v) is 8.07. The fourth-order valence-electron chi connectivity index (χ4n) is 4.38. The van der Waals surface area contributed by atoms with Crippen molar-refractivity contribution in [3.63, 3.8) is 0 Å². The van der Waals surface area contributed by atoms with E-state index >= 15 is 0 Å². The van der Waals surface area contributed by atoms with Crippen LogP contribution >= 0.6 is 0 Å². The van der Waals surface area contributed by atoms with Crippen LogP contribution in [0.1, 0.15) is 65.2 Å². The molecule has 2 aliphatic heterocycles. The zero-order valence-electron chi connectivity index (χ0n) is 16.7. The van der Waals surface area contributed by atoms with E-state index < -0.39 is 5.41 Å². The predicted molar refractivity (Wildman–Crippen MR) is 101 cm³/mol. The van der Waals surface area contributed by atoms with Gasteiger partial charge in [0.25, 0.3) is 0 Å². The highest BCUT2D eigenvalue weighted by atomic mass is 16.6. The number of nitrogens with one attached hydrogen (secondary N) is 1. The van der Waals surface area contributed by atoms with Crippen LogP contribution in [0.5, 0.6) is 0 Å². The maximum atomic E-state index is 13.1. The quantitative estimate of drug-likeness (QED) is 0.744. The average molecular weight is 380 g/mol. The number of piperidine rings is 2. The van der Waals surface area contributed by atoms with Gasteiger partial charge in [-0.1, -0.05) is 6.92 Å². The van der Waals surface area contributed by atoms with Crippen molar-refractivity contribution >= 4 is 17.9 Å². The summed E-state index contributed by atoms with van der Waals surface area (Å²) in [7, 11) is 0. The van der Waals surface area contributed by atoms with Gasteiger partial charge in [-0.15, -0.1) is 0 Å². The lowest BCUT2D eigenvalue weighted by Gasteiger charge is -2.38. The van der Waals surface area contributed by atoms with Crippen molar-refractivity contribution < 1.29 is 19.1 Å². The molecule has 0 aromatic rings. The number of amides is 3. The Hall–Kier alpha value is -1.79. The van der Waals surface area contributed by atoms with Crippen LogP contribution < -0.4 is 5.32 Å². The Balaban J connectivity index is 1.53. The number of hydrogen-bond donors (Lipinski definition) is 1. The number of carbonyl (C=O) groups is 3. The summed E-state index contributed by atoms with van der Waals surface area (Å²) in [5.41, 5.74) is -0.830. The van der Waals surface area contributed by atoms with Crippen LogP contribution in [0.3, 0.4) is 0 Å². The zero-order chi connectivity index (χ0) is 19.4. The van der Waals surface area contributed by atoms with Gasteiger partial charge in [0.1, 0.15) is 5.41 Å². The van der Waals surface area contributed by atoms with Crippen molar-refractivity contribution in [2.45, 2.75) is 77.3 Å². The molecular weight excluding hydrogens is 346 g/mol. The molecule has 1 saturated carbocycles.